The van der Waals surface area contributed by atoms with E-state index in [0.717, 1.165) is 12.8 Å². The molecule has 1 saturated carbocycles. The van der Waals surface area contributed by atoms with Gasteiger partial charge in [0.2, 0.25) is 11.8 Å². The Kier molecular flexibility index (Phi) is 5.09. The topological polar surface area (TPSA) is 130 Å². The molecule has 1 amide bonds. The maximum atomic E-state index is 12.4. The molecule has 0 spiro atoms. The Bertz CT molecular complexity index is 627. The van der Waals surface area contributed by atoms with Crippen LogP contribution < -0.4 is 21.8 Å². The van der Waals surface area contributed by atoms with Crippen LogP contribution in [0, 0.1) is 5.92 Å². The second-order valence-electron chi connectivity index (χ2n) is 6.74. The van der Waals surface area contributed by atoms with E-state index < -0.39 is 0 Å². The van der Waals surface area contributed by atoms with Gasteiger partial charge in [-0.05, 0) is 18.0 Å². The van der Waals surface area contributed by atoms with Gasteiger partial charge in [0.15, 0.2) is 0 Å². The maximum absolute atomic E-state index is 12.4. The summed E-state index contributed by atoms with van der Waals surface area (Å²) >= 11 is 0. The molecule has 0 aromatic carbocycles. The number of hydrogen-bond acceptors (Lipinski definition) is 9. The summed E-state index contributed by atoms with van der Waals surface area (Å²) in [5, 5.41) is 8.82. The molecule has 0 radical (unpaired) electrons. The summed E-state index contributed by atoms with van der Waals surface area (Å²) in [7, 11) is 3.70. The second kappa shape index (κ2) is 7.28. The predicted molar refractivity (Wildman–Crippen MR) is 91.7 cm³/mol. The van der Waals surface area contributed by atoms with Crippen LogP contribution in [0.1, 0.15) is 18.7 Å². The lowest BCUT2D eigenvalue weighted by Crippen LogP contribution is -2.50. The molecule has 2 atom stereocenters. The van der Waals surface area contributed by atoms with E-state index in [0.29, 0.717) is 31.5 Å². The number of hydrazine groups is 1. The van der Waals surface area contributed by atoms with Crippen molar-refractivity contribution >= 4 is 11.9 Å². The van der Waals surface area contributed by atoms with Gasteiger partial charge < -0.3 is 30.4 Å². The first kappa shape index (κ1) is 17.5. The van der Waals surface area contributed by atoms with Gasteiger partial charge >= 0.3 is 0 Å². The van der Waals surface area contributed by atoms with Crippen LogP contribution in [-0.4, -0.2) is 65.2 Å². The Morgan fingerprint density at radius 2 is 2.20 bits per heavy atom. The number of rotatable bonds is 7. The van der Waals surface area contributed by atoms with Gasteiger partial charge in [-0.25, -0.2) is 5.84 Å². The van der Waals surface area contributed by atoms with E-state index in [1.165, 1.54) is 6.20 Å². The number of carbonyl (C=O) groups excluding carboxylic acids is 1. The molecular weight excluding hydrogens is 324 g/mol. The summed E-state index contributed by atoms with van der Waals surface area (Å²) in [5.74, 6) is 7.50. The molecule has 1 aromatic rings. The molecule has 1 aromatic heterocycles. The molecule has 1 saturated heterocycles. The van der Waals surface area contributed by atoms with Crippen LogP contribution in [0.3, 0.4) is 0 Å². The second-order valence-corrected chi connectivity index (χ2v) is 6.74. The van der Waals surface area contributed by atoms with Gasteiger partial charge in [0.05, 0.1) is 12.6 Å². The van der Waals surface area contributed by atoms with Gasteiger partial charge in [-0.1, -0.05) is 0 Å². The maximum Gasteiger partial charge on any atom is 0.265 e. The summed E-state index contributed by atoms with van der Waals surface area (Å²) in [6.07, 6.45) is 4.98. The molecule has 2 unspecified atom stereocenters. The number of nitrogens with zero attached hydrogens (tertiary/aromatic N) is 5. The Morgan fingerprint density at radius 1 is 1.44 bits per heavy atom. The fourth-order valence-corrected chi connectivity index (χ4v) is 2.99. The molecule has 2 fully saturated rings. The van der Waals surface area contributed by atoms with Crippen molar-refractivity contribution in [1.82, 2.24) is 25.4 Å². The van der Waals surface area contributed by atoms with Crippen LogP contribution in [0.5, 0.6) is 0 Å². The van der Waals surface area contributed by atoms with Gasteiger partial charge in [0, 0.05) is 51.5 Å². The van der Waals surface area contributed by atoms with E-state index in [1.807, 2.05) is 19.0 Å². The summed E-state index contributed by atoms with van der Waals surface area (Å²) in [5.41, 5.74) is 5.45. The number of anilines is 1. The standard InChI is InChI=1S/C15H26N8O2/c1-21(2)15-19-13(25-20-15)7-18-11-8-22(14(24)10-3-4-10)9-12(11)23(17)6-5-16/h5-6,10-12,18H,3-4,7-9,16-17H2,1-2H3/b6-5-. The number of carbonyl (C=O) groups is 1. The van der Waals surface area contributed by atoms with E-state index in [-0.39, 0.29) is 23.9 Å². The highest BCUT2D eigenvalue weighted by Gasteiger charge is 2.42. The smallest absolute Gasteiger partial charge is 0.265 e. The Labute approximate surface area is 146 Å². The summed E-state index contributed by atoms with van der Waals surface area (Å²) in [6, 6.07) is -0.0858. The summed E-state index contributed by atoms with van der Waals surface area (Å²) in [6.45, 7) is 1.58. The molecule has 2 heterocycles. The van der Waals surface area contributed by atoms with Crippen molar-refractivity contribution in [2.24, 2.45) is 17.5 Å². The lowest BCUT2D eigenvalue weighted by Gasteiger charge is -2.26. The van der Waals surface area contributed by atoms with Crippen molar-refractivity contribution in [2.45, 2.75) is 31.5 Å². The van der Waals surface area contributed by atoms with Crippen molar-refractivity contribution in [2.75, 3.05) is 32.1 Å². The first-order valence-corrected chi connectivity index (χ1v) is 8.43. The highest BCUT2D eigenvalue weighted by molar-refractivity contribution is 5.81. The normalized spacial score (nSPS) is 23.4. The Balaban J connectivity index is 1.63. The zero-order valence-electron chi connectivity index (χ0n) is 14.6. The minimum atomic E-state index is -0.0706. The molecule has 10 heteroatoms. The molecule has 138 valence electrons. The number of nitrogens with two attached hydrogens (primary N) is 2. The third-order valence-corrected chi connectivity index (χ3v) is 4.54. The fraction of sp³-hybridized carbons (Fsp3) is 0.667. The van der Waals surface area contributed by atoms with Crippen molar-refractivity contribution < 1.29 is 9.32 Å². The van der Waals surface area contributed by atoms with Gasteiger partial charge in [-0.2, -0.15) is 4.98 Å². The fourth-order valence-electron chi connectivity index (χ4n) is 2.99. The Morgan fingerprint density at radius 3 is 2.80 bits per heavy atom. The highest BCUT2D eigenvalue weighted by atomic mass is 16.5. The van der Waals surface area contributed by atoms with Crippen LogP contribution in [0.4, 0.5) is 5.95 Å². The molecule has 2 aliphatic rings. The van der Waals surface area contributed by atoms with E-state index in [4.69, 9.17) is 16.1 Å². The van der Waals surface area contributed by atoms with Crippen LogP contribution >= 0.6 is 0 Å². The minimum Gasteiger partial charge on any atom is -0.403 e. The molecule has 3 rings (SSSR count). The molecule has 25 heavy (non-hydrogen) atoms. The number of nitrogens with one attached hydrogen (secondary N) is 1. The molecular formula is C15H26N8O2. The van der Waals surface area contributed by atoms with Crippen molar-refractivity contribution in [3.63, 3.8) is 0 Å². The first-order chi connectivity index (χ1) is 12.0. The zero-order chi connectivity index (χ0) is 18.0. The van der Waals surface area contributed by atoms with Crippen LogP contribution in [0.25, 0.3) is 0 Å². The number of hydrogen-bond donors (Lipinski definition) is 3. The lowest BCUT2D eigenvalue weighted by atomic mass is 10.1. The first-order valence-electron chi connectivity index (χ1n) is 8.43. The molecule has 1 aliphatic carbocycles. The lowest BCUT2D eigenvalue weighted by molar-refractivity contribution is -0.131. The van der Waals surface area contributed by atoms with Crippen LogP contribution in [0.15, 0.2) is 16.9 Å². The average molecular weight is 350 g/mol. The number of likely N-dealkylation sites (tertiary alicyclic amines) is 1. The van der Waals surface area contributed by atoms with E-state index in [9.17, 15) is 4.79 Å². The van der Waals surface area contributed by atoms with Gasteiger partial charge in [-0.3, -0.25) is 4.79 Å². The van der Waals surface area contributed by atoms with Gasteiger partial charge in [0.25, 0.3) is 5.95 Å². The van der Waals surface area contributed by atoms with Crippen LogP contribution in [0.2, 0.25) is 0 Å². The van der Waals surface area contributed by atoms with Crippen molar-refractivity contribution in [3.8, 4) is 0 Å². The SMILES string of the molecule is CN(C)c1noc(CNC2CN(C(=O)C3CC3)CC2N(N)/C=C\N)n1. The van der Waals surface area contributed by atoms with E-state index in [1.54, 1.807) is 16.1 Å². The highest BCUT2D eigenvalue weighted by Crippen LogP contribution is 2.32. The van der Waals surface area contributed by atoms with Crippen LogP contribution in [-0.2, 0) is 11.3 Å². The molecule has 0 bridgehead atoms. The zero-order valence-corrected chi connectivity index (χ0v) is 14.6. The quantitative estimate of drug-likeness (QED) is 0.411. The molecule has 1 aliphatic heterocycles. The average Bonchev–Trinajstić information content (AvgIpc) is 3.16. The summed E-state index contributed by atoms with van der Waals surface area (Å²) < 4.78 is 5.23. The molecule has 10 nitrogen and oxygen atoms in total. The van der Waals surface area contributed by atoms with Gasteiger partial charge in [-0.15, -0.1) is 0 Å². The van der Waals surface area contributed by atoms with E-state index in [2.05, 4.69) is 15.5 Å². The Hall–Kier alpha value is -2.33. The third kappa shape index (κ3) is 4.02. The van der Waals surface area contributed by atoms with Crippen molar-refractivity contribution in [1.29, 1.82) is 0 Å². The minimum absolute atomic E-state index is 0.0152. The third-order valence-electron chi connectivity index (χ3n) is 4.54. The number of amides is 1. The van der Waals surface area contributed by atoms with E-state index >= 15 is 0 Å². The van der Waals surface area contributed by atoms with Crippen molar-refractivity contribution in [3.05, 3.63) is 18.3 Å². The monoisotopic (exact) mass is 350 g/mol. The summed E-state index contributed by atoms with van der Waals surface area (Å²) in [4.78, 5) is 20.3. The number of aromatic nitrogens is 2. The molecule has 5 N–H and O–H groups in total. The predicted octanol–water partition coefficient (Wildman–Crippen LogP) is -1.18. The largest absolute Gasteiger partial charge is 0.403 e. The van der Waals surface area contributed by atoms with Gasteiger partial charge in [0.1, 0.15) is 0 Å².